The Hall–Kier alpha value is -3.00. The Morgan fingerprint density at radius 1 is 1.07 bits per heavy atom. The van der Waals surface area contributed by atoms with Crippen molar-refractivity contribution >= 4 is 29.1 Å². The number of imide groups is 1. The first-order valence-corrected chi connectivity index (χ1v) is 10.9. The molecular weight excluding hydrogens is 402 g/mol. The van der Waals surface area contributed by atoms with Gasteiger partial charge in [-0.05, 0) is 24.3 Å². The molecule has 2 unspecified atom stereocenters. The molecule has 3 aliphatic rings. The van der Waals surface area contributed by atoms with E-state index in [0.717, 1.165) is 4.88 Å². The van der Waals surface area contributed by atoms with Gasteiger partial charge >= 0.3 is 0 Å². The number of carbonyl (C=O) groups is 3. The molecule has 4 heterocycles. The number of aryl methyl sites for hydroxylation is 1. The van der Waals surface area contributed by atoms with Crippen molar-refractivity contribution in [2.45, 2.75) is 18.9 Å². The summed E-state index contributed by atoms with van der Waals surface area (Å²) in [4.78, 5) is 54.7. The molecular formula is C22H21N3O4S. The lowest BCUT2D eigenvalue weighted by molar-refractivity contribution is -0.145. The van der Waals surface area contributed by atoms with Gasteiger partial charge in [-0.15, -0.1) is 11.3 Å². The van der Waals surface area contributed by atoms with Crippen molar-refractivity contribution in [3.63, 3.8) is 0 Å². The van der Waals surface area contributed by atoms with Crippen LogP contribution in [0, 0.1) is 11.8 Å². The molecule has 0 bridgehead atoms. The number of allylic oxidation sites excluding steroid dienone is 2. The van der Waals surface area contributed by atoms with E-state index in [-0.39, 0.29) is 41.2 Å². The number of hydrogen-bond donors (Lipinski definition) is 0. The quantitative estimate of drug-likeness (QED) is 0.558. The smallest absolute Gasteiger partial charge is 0.256 e. The van der Waals surface area contributed by atoms with Gasteiger partial charge in [-0.1, -0.05) is 18.2 Å². The second-order valence-electron chi connectivity index (χ2n) is 8.09. The molecule has 2 aromatic rings. The van der Waals surface area contributed by atoms with Crippen LogP contribution in [0.15, 0.2) is 46.7 Å². The van der Waals surface area contributed by atoms with Crippen LogP contribution in [-0.2, 0) is 16.6 Å². The molecule has 2 fully saturated rings. The second-order valence-corrected chi connectivity index (χ2v) is 9.04. The summed E-state index contributed by atoms with van der Waals surface area (Å²) in [6.45, 7) is 0.659. The minimum absolute atomic E-state index is 0.104. The molecule has 30 heavy (non-hydrogen) atoms. The zero-order valence-corrected chi connectivity index (χ0v) is 17.3. The Morgan fingerprint density at radius 2 is 1.73 bits per heavy atom. The third kappa shape index (κ3) is 2.86. The summed E-state index contributed by atoms with van der Waals surface area (Å²) >= 11 is 1.47. The number of pyridine rings is 1. The van der Waals surface area contributed by atoms with Crippen LogP contribution in [0.3, 0.4) is 0 Å². The lowest BCUT2D eigenvalue weighted by atomic mass is 9.85. The molecule has 0 aromatic carbocycles. The molecule has 0 radical (unpaired) electrons. The number of thiophene rings is 1. The van der Waals surface area contributed by atoms with Crippen molar-refractivity contribution in [3.8, 4) is 10.4 Å². The van der Waals surface area contributed by atoms with Crippen LogP contribution in [0.2, 0.25) is 0 Å². The molecule has 2 atom stereocenters. The number of likely N-dealkylation sites (tertiary alicyclic amines) is 2. The van der Waals surface area contributed by atoms with Crippen molar-refractivity contribution in [1.82, 2.24) is 14.4 Å². The molecule has 0 spiro atoms. The summed E-state index contributed by atoms with van der Waals surface area (Å²) < 4.78 is 1.40. The van der Waals surface area contributed by atoms with E-state index in [2.05, 4.69) is 0 Å². The highest BCUT2D eigenvalue weighted by molar-refractivity contribution is 7.13. The van der Waals surface area contributed by atoms with E-state index in [1.54, 1.807) is 18.1 Å². The third-order valence-electron chi connectivity index (χ3n) is 6.30. The van der Waals surface area contributed by atoms with Crippen molar-refractivity contribution in [2.75, 3.05) is 13.1 Å². The highest BCUT2D eigenvalue weighted by Crippen LogP contribution is 2.38. The molecule has 2 saturated heterocycles. The van der Waals surface area contributed by atoms with Gasteiger partial charge in [-0.25, -0.2) is 0 Å². The minimum Gasteiger partial charge on any atom is -0.334 e. The van der Waals surface area contributed by atoms with Gasteiger partial charge in [0.2, 0.25) is 11.8 Å². The SMILES string of the molecule is Cn1cc(C(=O)N2CC(N3C(=O)C4CC=CCC4C3=O)C2)c(-c2cccs2)cc1=O. The van der Waals surface area contributed by atoms with Crippen LogP contribution in [-0.4, -0.2) is 51.2 Å². The van der Waals surface area contributed by atoms with Gasteiger partial charge in [-0.3, -0.25) is 24.1 Å². The van der Waals surface area contributed by atoms with Crippen LogP contribution < -0.4 is 5.56 Å². The summed E-state index contributed by atoms with van der Waals surface area (Å²) in [6, 6.07) is 4.98. The maximum atomic E-state index is 13.2. The van der Waals surface area contributed by atoms with E-state index < -0.39 is 0 Å². The number of aromatic nitrogens is 1. The van der Waals surface area contributed by atoms with E-state index in [9.17, 15) is 19.2 Å². The summed E-state index contributed by atoms with van der Waals surface area (Å²) in [7, 11) is 1.62. The van der Waals surface area contributed by atoms with Crippen molar-refractivity contribution in [1.29, 1.82) is 0 Å². The van der Waals surface area contributed by atoms with Crippen molar-refractivity contribution in [3.05, 3.63) is 57.8 Å². The Bertz CT molecular complexity index is 1100. The summed E-state index contributed by atoms with van der Waals surface area (Å²) in [6.07, 6.45) is 6.74. The highest BCUT2D eigenvalue weighted by Gasteiger charge is 2.52. The first kappa shape index (κ1) is 19.0. The average molecular weight is 423 g/mol. The molecule has 3 amide bonds. The number of amides is 3. The van der Waals surface area contributed by atoms with Crippen LogP contribution >= 0.6 is 11.3 Å². The fourth-order valence-corrected chi connectivity index (χ4v) is 5.33. The standard InChI is InChI=1S/C22H21N3O4S/c1-23-12-17(16(9-19(23)26)18-7-4-8-30-18)20(27)24-10-13(11-24)25-21(28)14-5-2-3-6-15(14)22(25)29/h2-4,7-9,12-15H,5-6,10-11H2,1H3. The maximum Gasteiger partial charge on any atom is 0.256 e. The number of rotatable bonds is 3. The van der Waals surface area contributed by atoms with E-state index in [1.807, 2.05) is 29.7 Å². The molecule has 0 saturated carbocycles. The van der Waals surface area contributed by atoms with Gasteiger partial charge in [0.15, 0.2) is 0 Å². The van der Waals surface area contributed by atoms with Gasteiger partial charge in [0.1, 0.15) is 0 Å². The van der Waals surface area contributed by atoms with Gasteiger partial charge in [0.25, 0.3) is 11.5 Å². The summed E-state index contributed by atoms with van der Waals surface area (Å²) in [5.41, 5.74) is 0.892. The number of carbonyl (C=O) groups excluding carboxylic acids is 3. The Kier molecular flexibility index (Phi) is 4.47. The van der Waals surface area contributed by atoms with E-state index >= 15 is 0 Å². The molecule has 2 aliphatic heterocycles. The normalized spacial score (nSPS) is 23.6. The third-order valence-corrected chi connectivity index (χ3v) is 7.20. The molecule has 7 nitrogen and oxygen atoms in total. The molecule has 1 aliphatic carbocycles. The van der Waals surface area contributed by atoms with Crippen LogP contribution in [0.1, 0.15) is 23.2 Å². The maximum absolute atomic E-state index is 13.2. The van der Waals surface area contributed by atoms with Gasteiger partial charge in [0.05, 0.1) is 23.4 Å². The first-order valence-electron chi connectivity index (χ1n) is 10.0. The molecule has 0 N–H and O–H groups in total. The van der Waals surface area contributed by atoms with Crippen LogP contribution in [0.5, 0.6) is 0 Å². The monoisotopic (exact) mass is 423 g/mol. The second kappa shape index (κ2) is 7.05. The Morgan fingerprint density at radius 3 is 2.33 bits per heavy atom. The fourth-order valence-electron chi connectivity index (χ4n) is 4.58. The van der Waals surface area contributed by atoms with Gasteiger partial charge in [0, 0.05) is 42.8 Å². The molecule has 2 aromatic heterocycles. The zero-order chi connectivity index (χ0) is 21.0. The van der Waals surface area contributed by atoms with E-state index in [0.29, 0.717) is 37.1 Å². The van der Waals surface area contributed by atoms with E-state index in [1.165, 1.54) is 26.9 Å². The lowest BCUT2D eigenvalue weighted by Gasteiger charge is -2.43. The fraction of sp³-hybridized carbons (Fsp3) is 0.364. The van der Waals surface area contributed by atoms with Gasteiger partial charge in [-0.2, -0.15) is 0 Å². The predicted octanol–water partition coefficient (Wildman–Crippen LogP) is 1.89. The highest BCUT2D eigenvalue weighted by atomic mass is 32.1. The zero-order valence-electron chi connectivity index (χ0n) is 16.5. The van der Waals surface area contributed by atoms with Crippen LogP contribution in [0.25, 0.3) is 10.4 Å². The van der Waals surface area contributed by atoms with Crippen molar-refractivity contribution in [2.24, 2.45) is 18.9 Å². The molecule has 154 valence electrons. The lowest BCUT2D eigenvalue weighted by Crippen LogP contribution is -2.62. The summed E-state index contributed by atoms with van der Waals surface area (Å²) in [5, 5.41) is 1.90. The molecule has 8 heteroatoms. The van der Waals surface area contributed by atoms with Gasteiger partial charge < -0.3 is 9.47 Å². The largest absolute Gasteiger partial charge is 0.334 e. The number of nitrogens with zero attached hydrogens (tertiary/aromatic N) is 3. The Balaban J connectivity index is 1.36. The Labute approximate surface area is 177 Å². The minimum atomic E-state index is -0.266. The topological polar surface area (TPSA) is 79.7 Å². The van der Waals surface area contributed by atoms with E-state index in [4.69, 9.17) is 0 Å². The number of fused-ring (bicyclic) bond motifs is 1. The number of hydrogen-bond acceptors (Lipinski definition) is 5. The van der Waals surface area contributed by atoms with Crippen molar-refractivity contribution < 1.29 is 14.4 Å². The predicted molar refractivity (Wildman–Crippen MR) is 112 cm³/mol. The summed E-state index contributed by atoms with van der Waals surface area (Å²) in [5.74, 6) is -0.897. The first-order chi connectivity index (χ1) is 14.5. The van der Waals surface area contributed by atoms with Crippen LogP contribution in [0.4, 0.5) is 0 Å². The average Bonchev–Trinajstić information content (AvgIpc) is 3.32. The molecule has 5 rings (SSSR count).